The number of halogens is 2. The Hall–Kier alpha value is -2.27. The van der Waals surface area contributed by atoms with Gasteiger partial charge in [0.25, 0.3) is 0 Å². The van der Waals surface area contributed by atoms with E-state index in [0.29, 0.717) is 12.1 Å². The highest BCUT2D eigenvalue weighted by molar-refractivity contribution is 5.89. The Balaban J connectivity index is 2.00. The van der Waals surface area contributed by atoms with Crippen LogP contribution in [-0.2, 0) is 11.3 Å². The molecule has 116 valence electrons. The molecule has 0 amide bonds. The first-order valence-corrected chi connectivity index (χ1v) is 6.87. The quantitative estimate of drug-likeness (QED) is 0.858. The maximum Gasteiger partial charge on any atom is 0.337 e. The fraction of sp³-hybridized carbons (Fsp3) is 0.235. The molecule has 2 aromatic rings. The molecule has 0 spiro atoms. The summed E-state index contributed by atoms with van der Waals surface area (Å²) in [7, 11) is 1.33. The lowest BCUT2D eigenvalue weighted by Gasteiger charge is -2.15. The zero-order valence-electron chi connectivity index (χ0n) is 12.4. The molecule has 1 N–H and O–H groups in total. The smallest absolute Gasteiger partial charge is 0.337 e. The Labute approximate surface area is 127 Å². The number of hydrogen-bond donors (Lipinski definition) is 1. The number of hydrogen-bond acceptors (Lipinski definition) is 3. The molecule has 3 nitrogen and oxygen atoms in total. The van der Waals surface area contributed by atoms with Gasteiger partial charge in [0, 0.05) is 18.2 Å². The summed E-state index contributed by atoms with van der Waals surface area (Å²) in [5.74, 6) is -2.08. The number of rotatable bonds is 5. The summed E-state index contributed by atoms with van der Waals surface area (Å²) in [6, 6.07) is 10.7. The van der Waals surface area contributed by atoms with Crippen LogP contribution in [0.2, 0.25) is 0 Å². The van der Waals surface area contributed by atoms with Gasteiger partial charge in [0.2, 0.25) is 0 Å². The van der Waals surface area contributed by atoms with Crippen molar-refractivity contribution in [1.29, 1.82) is 0 Å². The van der Waals surface area contributed by atoms with Crippen LogP contribution in [0, 0.1) is 11.6 Å². The van der Waals surface area contributed by atoms with Crippen LogP contribution >= 0.6 is 0 Å². The highest BCUT2D eigenvalue weighted by atomic mass is 19.2. The van der Waals surface area contributed by atoms with Gasteiger partial charge in [0.05, 0.1) is 12.7 Å². The average Bonchev–Trinajstić information content (AvgIpc) is 2.55. The highest BCUT2D eigenvalue weighted by Crippen LogP contribution is 2.19. The first-order valence-electron chi connectivity index (χ1n) is 6.87. The summed E-state index contributed by atoms with van der Waals surface area (Å²) in [6.07, 6.45) is 0. The van der Waals surface area contributed by atoms with Crippen molar-refractivity contribution in [2.24, 2.45) is 0 Å². The Morgan fingerprint density at radius 3 is 2.50 bits per heavy atom. The van der Waals surface area contributed by atoms with E-state index in [2.05, 4.69) is 10.1 Å². The van der Waals surface area contributed by atoms with E-state index in [1.54, 1.807) is 37.3 Å². The Morgan fingerprint density at radius 1 is 1.18 bits per heavy atom. The molecule has 0 fully saturated rings. The third kappa shape index (κ3) is 3.68. The van der Waals surface area contributed by atoms with Crippen LogP contribution in [0.15, 0.2) is 42.5 Å². The number of carbonyl (C=O) groups excluding carboxylic acids is 1. The molecule has 0 radical (unpaired) electrons. The third-order valence-electron chi connectivity index (χ3n) is 3.44. The molecular formula is C17H17F2NO2. The summed E-state index contributed by atoms with van der Waals surface area (Å²) in [5.41, 5.74) is 1.68. The fourth-order valence-electron chi connectivity index (χ4n) is 2.11. The number of ether oxygens (including phenoxy) is 1. The number of carbonyl (C=O) groups is 1. The Kier molecular flexibility index (Phi) is 5.22. The molecule has 1 unspecified atom stereocenters. The first-order chi connectivity index (χ1) is 10.5. The van der Waals surface area contributed by atoms with Crippen LogP contribution in [0.25, 0.3) is 0 Å². The van der Waals surface area contributed by atoms with Crippen LogP contribution in [0.1, 0.15) is 34.5 Å². The predicted molar refractivity (Wildman–Crippen MR) is 79.4 cm³/mol. The minimum Gasteiger partial charge on any atom is -0.465 e. The van der Waals surface area contributed by atoms with Crippen LogP contribution in [-0.4, -0.2) is 13.1 Å². The monoisotopic (exact) mass is 305 g/mol. The van der Waals surface area contributed by atoms with Crippen molar-refractivity contribution >= 4 is 5.97 Å². The number of nitrogens with one attached hydrogen (secondary N) is 1. The van der Waals surface area contributed by atoms with Crippen molar-refractivity contribution < 1.29 is 18.3 Å². The van der Waals surface area contributed by atoms with Crippen LogP contribution in [0.4, 0.5) is 8.78 Å². The van der Waals surface area contributed by atoms with Crippen molar-refractivity contribution in [2.45, 2.75) is 19.5 Å². The second kappa shape index (κ2) is 7.13. The van der Waals surface area contributed by atoms with Crippen molar-refractivity contribution in [1.82, 2.24) is 5.32 Å². The Morgan fingerprint density at radius 2 is 1.86 bits per heavy atom. The van der Waals surface area contributed by atoms with Gasteiger partial charge in [-0.3, -0.25) is 0 Å². The molecule has 0 aliphatic carbocycles. The third-order valence-corrected chi connectivity index (χ3v) is 3.44. The van der Waals surface area contributed by atoms with E-state index < -0.39 is 17.6 Å². The summed E-state index contributed by atoms with van der Waals surface area (Å²) in [6.45, 7) is 2.24. The molecule has 2 aromatic carbocycles. The van der Waals surface area contributed by atoms with Gasteiger partial charge in [0.1, 0.15) is 0 Å². The van der Waals surface area contributed by atoms with Gasteiger partial charge in [-0.25, -0.2) is 13.6 Å². The second-order valence-corrected chi connectivity index (χ2v) is 4.93. The molecule has 5 heteroatoms. The molecule has 0 bridgehead atoms. The largest absolute Gasteiger partial charge is 0.465 e. The summed E-state index contributed by atoms with van der Waals surface area (Å²) < 4.78 is 31.5. The zero-order valence-corrected chi connectivity index (χ0v) is 12.4. The van der Waals surface area contributed by atoms with E-state index in [1.165, 1.54) is 13.2 Å². The van der Waals surface area contributed by atoms with Gasteiger partial charge in [-0.1, -0.05) is 24.3 Å². The van der Waals surface area contributed by atoms with Crippen molar-refractivity contribution in [2.75, 3.05) is 7.11 Å². The van der Waals surface area contributed by atoms with Crippen molar-refractivity contribution in [3.8, 4) is 0 Å². The van der Waals surface area contributed by atoms with E-state index in [0.717, 1.165) is 11.6 Å². The molecule has 22 heavy (non-hydrogen) atoms. The summed E-state index contributed by atoms with van der Waals surface area (Å²) in [5, 5.41) is 3.12. The fourth-order valence-corrected chi connectivity index (χ4v) is 2.11. The van der Waals surface area contributed by atoms with E-state index in [-0.39, 0.29) is 11.6 Å². The van der Waals surface area contributed by atoms with Crippen molar-refractivity contribution in [3.05, 3.63) is 70.8 Å². The number of esters is 1. The van der Waals surface area contributed by atoms with E-state index in [9.17, 15) is 13.6 Å². The van der Waals surface area contributed by atoms with Gasteiger partial charge in [-0.2, -0.15) is 0 Å². The minimum atomic E-state index is -0.853. The highest BCUT2D eigenvalue weighted by Gasteiger charge is 2.13. The zero-order chi connectivity index (χ0) is 16.1. The molecule has 0 heterocycles. The topological polar surface area (TPSA) is 38.3 Å². The molecule has 1 atom stereocenters. The Bertz CT molecular complexity index is 656. The van der Waals surface area contributed by atoms with Gasteiger partial charge >= 0.3 is 5.97 Å². The van der Waals surface area contributed by atoms with Crippen LogP contribution < -0.4 is 5.32 Å². The molecule has 2 rings (SSSR count). The lowest BCUT2D eigenvalue weighted by molar-refractivity contribution is 0.0600. The van der Waals surface area contributed by atoms with E-state index in [1.807, 2.05) is 0 Å². The summed E-state index contributed by atoms with van der Waals surface area (Å²) in [4.78, 5) is 11.3. The molecule has 0 aromatic heterocycles. The van der Waals surface area contributed by atoms with Crippen molar-refractivity contribution in [3.63, 3.8) is 0 Å². The van der Waals surface area contributed by atoms with Gasteiger partial charge in [0.15, 0.2) is 11.6 Å². The van der Waals surface area contributed by atoms with Gasteiger partial charge < -0.3 is 10.1 Å². The molecular weight excluding hydrogens is 288 g/mol. The predicted octanol–water partition coefficient (Wildman–Crippen LogP) is 3.60. The SMILES string of the molecule is COC(=O)c1ccc(CNC(C)c2cccc(F)c2F)cc1. The second-order valence-electron chi connectivity index (χ2n) is 4.93. The maximum absolute atomic E-state index is 13.7. The molecule has 0 aliphatic heterocycles. The lowest BCUT2D eigenvalue weighted by Crippen LogP contribution is -2.19. The van der Waals surface area contributed by atoms with E-state index in [4.69, 9.17) is 0 Å². The van der Waals surface area contributed by atoms with Gasteiger partial charge in [-0.05, 0) is 30.7 Å². The minimum absolute atomic E-state index is 0.284. The lowest BCUT2D eigenvalue weighted by atomic mass is 10.1. The molecule has 0 saturated heterocycles. The van der Waals surface area contributed by atoms with Gasteiger partial charge in [-0.15, -0.1) is 0 Å². The molecule has 0 aliphatic rings. The summed E-state index contributed by atoms with van der Waals surface area (Å²) >= 11 is 0. The number of benzene rings is 2. The normalized spacial score (nSPS) is 12.0. The average molecular weight is 305 g/mol. The van der Waals surface area contributed by atoms with Crippen LogP contribution in [0.5, 0.6) is 0 Å². The number of methoxy groups -OCH3 is 1. The van der Waals surface area contributed by atoms with E-state index >= 15 is 0 Å². The maximum atomic E-state index is 13.7. The first kappa shape index (κ1) is 16.1. The van der Waals surface area contributed by atoms with Crippen LogP contribution in [0.3, 0.4) is 0 Å². The molecule has 0 saturated carbocycles. The standard InChI is InChI=1S/C17H17F2NO2/c1-11(14-4-3-5-15(18)16(14)19)20-10-12-6-8-13(9-7-12)17(21)22-2/h3-9,11,20H,10H2,1-2H3.